The molecule has 0 aliphatic rings. The number of anilines is 1. The Kier molecular flexibility index (Phi) is 3.52. The van der Waals surface area contributed by atoms with Crippen molar-refractivity contribution in [2.45, 2.75) is 6.54 Å². The minimum Gasteiger partial charge on any atom is -0.364 e. The summed E-state index contributed by atoms with van der Waals surface area (Å²) in [6.45, 7) is 0.649. The molecule has 0 radical (unpaired) electrons. The molecule has 5 heteroatoms. The van der Waals surface area contributed by atoms with Crippen molar-refractivity contribution in [3.63, 3.8) is 0 Å². The fraction of sp³-hybridized carbons (Fsp3) is 0.0667. The molecule has 1 aromatic heterocycles. The van der Waals surface area contributed by atoms with E-state index in [4.69, 9.17) is 0 Å². The van der Waals surface area contributed by atoms with Gasteiger partial charge in [0.2, 0.25) is 0 Å². The van der Waals surface area contributed by atoms with Crippen LogP contribution in [0, 0.1) is 0 Å². The normalized spacial score (nSPS) is 10.7. The average molecular weight is 330 g/mol. The van der Waals surface area contributed by atoms with Crippen LogP contribution >= 0.6 is 15.9 Å². The van der Waals surface area contributed by atoms with Gasteiger partial charge in [0.25, 0.3) is 5.56 Å². The lowest BCUT2D eigenvalue weighted by molar-refractivity contribution is 0.988. The van der Waals surface area contributed by atoms with Crippen LogP contribution in [0.25, 0.3) is 10.8 Å². The van der Waals surface area contributed by atoms with Crippen molar-refractivity contribution in [1.82, 2.24) is 10.2 Å². The second kappa shape index (κ2) is 5.46. The highest BCUT2D eigenvalue weighted by Gasteiger charge is 2.05. The Morgan fingerprint density at radius 1 is 1.05 bits per heavy atom. The zero-order valence-electron chi connectivity index (χ0n) is 10.6. The number of aromatic nitrogens is 2. The van der Waals surface area contributed by atoms with Crippen molar-refractivity contribution in [2.24, 2.45) is 0 Å². The Morgan fingerprint density at radius 2 is 1.75 bits per heavy atom. The van der Waals surface area contributed by atoms with E-state index in [-0.39, 0.29) is 5.56 Å². The third-order valence-corrected chi connectivity index (χ3v) is 3.60. The summed E-state index contributed by atoms with van der Waals surface area (Å²) in [5, 5.41) is 11.3. The van der Waals surface area contributed by atoms with Crippen LogP contribution in [0.1, 0.15) is 5.56 Å². The molecule has 0 saturated carbocycles. The van der Waals surface area contributed by atoms with Crippen molar-refractivity contribution < 1.29 is 0 Å². The monoisotopic (exact) mass is 329 g/mol. The molecule has 0 amide bonds. The van der Waals surface area contributed by atoms with Gasteiger partial charge >= 0.3 is 0 Å². The van der Waals surface area contributed by atoms with Gasteiger partial charge in [-0.3, -0.25) is 4.79 Å². The van der Waals surface area contributed by atoms with Gasteiger partial charge in [-0.15, -0.1) is 0 Å². The predicted molar refractivity (Wildman–Crippen MR) is 83.8 cm³/mol. The molecule has 0 fully saturated rings. The van der Waals surface area contributed by atoms with E-state index in [1.807, 2.05) is 42.5 Å². The lowest BCUT2D eigenvalue weighted by Crippen LogP contribution is -2.12. The Labute approximate surface area is 124 Å². The lowest BCUT2D eigenvalue weighted by atomic mass is 10.2. The number of fused-ring (bicyclic) bond motifs is 1. The second-order valence-corrected chi connectivity index (χ2v) is 5.34. The molecule has 1 heterocycles. The SMILES string of the molecule is O=c1[nH]nc(NCc2ccc(Br)cc2)c2ccccc12. The minimum atomic E-state index is -0.171. The smallest absolute Gasteiger partial charge is 0.272 e. The summed E-state index contributed by atoms with van der Waals surface area (Å²) < 4.78 is 1.05. The van der Waals surface area contributed by atoms with Gasteiger partial charge in [-0.05, 0) is 23.8 Å². The number of aromatic amines is 1. The molecule has 0 spiro atoms. The van der Waals surface area contributed by atoms with Crippen LogP contribution in [-0.4, -0.2) is 10.2 Å². The van der Waals surface area contributed by atoms with Crippen LogP contribution in [0.15, 0.2) is 57.8 Å². The van der Waals surface area contributed by atoms with E-state index >= 15 is 0 Å². The van der Waals surface area contributed by atoms with E-state index in [0.29, 0.717) is 17.7 Å². The quantitative estimate of drug-likeness (QED) is 0.775. The van der Waals surface area contributed by atoms with E-state index in [1.54, 1.807) is 6.07 Å². The topological polar surface area (TPSA) is 57.8 Å². The highest BCUT2D eigenvalue weighted by Crippen LogP contribution is 2.18. The maximum atomic E-state index is 11.7. The average Bonchev–Trinajstić information content (AvgIpc) is 2.49. The number of hydrogen-bond acceptors (Lipinski definition) is 3. The highest BCUT2D eigenvalue weighted by atomic mass is 79.9. The first kappa shape index (κ1) is 12.9. The van der Waals surface area contributed by atoms with Gasteiger partial charge < -0.3 is 5.32 Å². The van der Waals surface area contributed by atoms with Gasteiger partial charge in [0.15, 0.2) is 5.82 Å². The molecule has 2 aromatic carbocycles. The highest BCUT2D eigenvalue weighted by molar-refractivity contribution is 9.10. The van der Waals surface area contributed by atoms with E-state index < -0.39 is 0 Å². The third-order valence-electron chi connectivity index (χ3n) is 3.07. The molecule has 0 aliphatic heterocycles. The molecule has 0 atom stereocenters. The molecule has 0 bridgehead atoms. The summed E-state index contributed by atoms with van der Waals surface area (Å²) >= 11 is 3.41. The van der Waals surface area contributed by atoms with E-state index in [0.717, 1.165) is 15.4 Å². The summed E-state index contributed by atoms with van der Waals surface area (Å²) in [6.07, 6.45) is 0. The van der Waals surface area contributed by atoms with Gasteiger partial charge in [0, 0.05) is 16.4 Å². The lowest BCUT2D eigenvalue weighted by Gasteiger charge is -2.08. The second-order valence-electron chi connectivity index (χ2n) is 4.43. The van der Waals surface area contributed by atoms with Crippen molar-refractivity contribution >= 4 is 32.5 Å². The number of nitrogens with zero attached hydrogens (tertiary/aromatic N) is 1. The summed E-state index contributed by atoms with van der Waals surface area (Å²) in [4.78, 5) is 11.7. The zero-order chi connectivity index (χ0) is 13.9. The van der Waals surface area contributed by atoms with Crippen LogP contribution in [0.5, 0.6) is 0 Å². The number of hydrogen-bond donors (Lipinski definition) is 2. The Bertz CT molecular complexity index is 796. The van der Waals surface area contributed by atoms with Gasteiger partial charge in [0.1, 0.15) is 0 Å². The molecule has 3 aromatic rings. The van der Waals surface area contributed by atoms with Crippen molar-refractivity contribution in [3.8, 4) is 0 Å². The maximum absolute atomic E-state index is 11.7. The van der Waals surface area contributed by atoms with E-state index in [1.165, 1.54) is 0 Å². The molecule has 4 nitrogen and oxygen atoms in total. The minimum absolute atomic E-state index is 0.171. The first-order valence-corrected chi connectivity index (χ1v) is 6.99. The van der Waals surface area contributed by atoms with E-state index in [9.17, 15) is 4.79 Å². The van der Waals surface area contributed by atoms with Crippen LogP contribution < -0.4 is 10.9 Å². The Balaban J connectivity index is 1.90. The summed E-state index contributed by atoms with van der Waals surface area (Å²) in [6, 6.07) is 15.5. The molecule has 100 valence electrons. The molecular weight excluding hydrogens is 318 g/mol. The first-order valence-electron chi connectivity index (χ1n) is 6.20. The fourth-order valence-electron chi connectivity index (χ4n) is 2.04. The number of H-pyrrole nitrogens is 1. The van der Waals surface area contributed by atoms with Gasteiger partial charge in [-0.1, -0.05) is 46.3 Å². The van der Waals surface area contributed by atoms with Gasteiger partial charge in [-0.25, -0.2) is 5.10 Å². The van der Waals surface area contributed by atoms with Crippen LogP contribution in [0.2, 0.25) is 0 Å². The third kappa shape index (κ3) is 2.58. The van der Waals surface area contributed by atoms with Crippen LogP contribution in [0.4, 0.5) is 5.82 Å². The molecule has 0 saturated heterocycles. The molecule has 2 N–H and O–H groups in total. The summed E-state index contributed by atoms with van der Waals surface area (Å²) in [5.74, 6) is 0.683. The van der Waals surface area contributed by atoms with Gasteiger partial charge in [0.05, 0.1) is 5.39 Å². The fourth-order valence-corrected chi connectivity index (χ4v) is 2.30. The maximum Gasteiger partial charge on any atom is 0.272 e. The molecule has 3 rings (SSSR count). The van der Waals surface area contributed by atoms with E-state index in [2.05, 4.69) is 31.4 Å². The van der Waals surface area contributed by atoms with Crippen molar-refractivity contribution in [1.29, 1.82) is 0 Å². The van der Waals surface area contributed by atoms with Crippen molar-refractivity contribution in [2.75, 3.05) is 5.32 Å². The molecular formula is C15H12BrN3O. The number of nitrogens with one attached hydrogen (secondary N) is 2. The van der Waals surface area contributed by atoms with Crippen molar-refractivity contribution in [3.05, 3.63) is 68.9 Å². The number of rotatable bonds is 3. The molecule has 0 aliphatic carbocycles. The summed E-state index contributed by atoms with van der Waals surface area (Å²) in [7, 11) is 0. The first-order chi connectivity index (χ1) is 9.74. The largest absolute Gasteiger partial charge is 0.364 e. The Hall–Kier alpha value is -2.14. The number of benzene rings is 2. The summed E-state index contributed by atoms with van der Waals surface area (Å²) in [5.41, 5.74) is 0.972. The zero-order valence-corrected chi connectivity index (χ0v) is 12.1. The predicted octanol–water partition coefficient (Wildman–Crippen LogP) is 3.30. The molecule has 20 heavy (non-hydrogen) atoms. The number of halogens is 1. The van der Waals surface area contributed by atoms with Crippen LogP contribution in [-0.2, 0) is 6.54 Å². The molecule has 0 unspecified atom stereocenters. The Morgan fingerprint density at radius 3 is 2.50 bits per heavy atom. The van der Waals surface area contributed by atoms with Crippen LogP contribution in [0.3, 0.4) is 0 Å². The van der Waals surface area contributed by atoms with Gasteiger partial charge in [-0.2, -0.15) is 5.10 Å². The standard InChI is InChI=1S/C15H12BrN3O/c16-11-7-5-10(6-8-11)9-17-14-12-3-1-2-4-13(12)15(20)19-18-14/h1-8H,9H2,(H,17,18)(H,19,20).